The van der Waals surface area contributed by atoms with Gasteiger partial charge in [0.15, 0.2) is 0 Å². The quantitative estimate of drug-likeness (QED) is 0.628. The second kappa shape index (κ2) is 5.75. The van der Waals surface area contributed by atoms with Crippen LogP contribution in [-0.4, -0.2) is 39.4 Å². The zero-order valence-corrected chi connectivity index (χ0v) is 9.01. The molecule has 0 fully saturated rings. The Morgan fingerprint density at radius 3 is 2.67 bits per heavy atom. The normalized spacial score (nSPS) is 14.9. The maximum atomic E-state index is 9.17. The Bertz CT molecular complexity index is 306. The van der Waals surface area contributed by atoms with E-state index in [0.717, 1.165) is 11.4 Å². The fourth-order valence-electron chi connectivity index (χ4n) is 1.32. The van der Waals surface area contributed by atoms with Gasteiger partial charge in [0.1, 0.15) is 0 Å². The first-order valence-corrected chi connectivity index (χ1v) is 4.95. The zero-order chi connectivity index (χ0) is 11.3. The van der Waals surface area contributed by atoms with Crippen molar-refractivity contribution in [1.29, 1.82) is 0 Å². The predicted molar refractivity (Wildman–Crippen MR) is 56.3 cm³/mol. The Labute approximate surface area is 89.2 Å². The molecule has 2 atom stereocenters. The van der Waals surface area contributed by atoms with Crippen LogP contribution in [0.15, 0.2) is 12.4 Å². The molecule has 0 bridgehead atoms. The summed E-state index contributed by atoms with van der Waals surface area (Å²) in [4.78, 5) is 8.35. The van der Waals surface area contributed by atoms with Gasteiger partial charge in [0, 0.05) is 25.0 Å². The van der Waals surface area contributed by atoms with Crippen molar-refractivity contribution >= 4 is 0 Å². The van der Waals surface area contributed by atoms with Crippen LogP contribution in [0.5, 0.6) is 0 Å². The standard InChI is InChI=1S/C10H17N3O2/c1-7-10(12-4-3-11-7)8(2)13-5-9(15)6-14/h3-4,8-9,13-15H,5-6H2,1-2H3. The SMILES string of the molecule is Cc1nccnc1C(C)NCC(O)CO. The highest BCUT2D eigenvalue weighted by Crippen LogP contribution is 2.11. The molecule has 0 spiro atoms. The third-order valence-corrected chi connectivity index (χ3v) is 2.20. The van der Waals surface area contributed by atoms with Crippen LogP contribution in [0.1, 0.15) is 24.4 Å². The fraction of sp³-hybridized carbons (Fsp3) is 0.600. The van der Waals surface area contributed by atoms with Gasteiger partial charge in [0.2, 0.25) is 0 Å². The van der Waals surface area contributed by atoms with E-state index in [1.807, 2.05) is 13.8 Å². The smallest absolute Gasteiger partial charge is 0.0895 e. The lowest BCUT2D eigenvalue weighted by atomic mass is 10.2. The van der Waals surface area contributed by atoms with Crippen molar-refractivity contribution in [1.82, 2.24) is 15.3 Å². The molecule has 0 saturated heterocycles. The summed E-state index contributed by atoms with van der Waals surface area (Å²) in [6.07, 6.45) is 2.56. The molecule has 1 aromatic heterocycles. The van der Waals surface area contributed by atoms with E-state index in [4.69, 9.17) is 5.11 Å². The summed E-state index contributed by atoms with van der Waals surface area (Å²) < 4.78 is 0. The van der Waals surface area contributed by atoms with Crippen LogP contribution in [0.25, 0.3) is 0 Å². The maximum Gasteiger partial charge on any atom is 0.0895 e. The van der Waals surface area contributed by atoms with Crippen molar-refractivity contribution in [3.63, 3.8) is 0 Å². The molecule has 5 heteroatoms. The van der Waals surface area contributed by atoms with Gasteiger partial charge in [-0.05, 0) is 13.8 Å². The Morgan fingerprint density at radius 1 is 1.40 bits per heavy atom. The number of aromatic nitrogens is 2. The Hall–Kier alpha value is -1.04. The third kappa shape index (κ3) is 3.54. The molecule has 5 nitrogen and oxygen atoms in total. The summed E-state index contributed by atoms with van der Waals surface area (Å²) >= 11 is 0. The summed E-state index contributed by atoms with van der Waals surface area (Å²) in [6.45, 7) is 3.94. The molecule has 1 rings (SSSR count). The minimum Gasteiger partial charge on any atom is -0.394 e. The van der Waals surface area contributed by atoms with Crippen LogP contribution in [0.2, 0.25) is 0 Å². The first-order valence-electron chi connectivity index (χ1n) is 4.95. The molecular weight excluding hydrogens is 194 g/mol. The summed E-state index contributed by atoms with van der Waals surface area (Å²) in [5, 5.41) is 20.9. The van der Waals surface area contributed by atoms with Crippen molar-refractivity contribution in [3.05, 3.63) is 23.8 Å². The molecule has 0 amide bonds. The number of aliphatic hydroxyl groups is 2. The monoisotopic (exact) mass is 211 g/mol. The molecule has 2 unspecified atom stereocenters. The van der Waals surface area contributed by atoms with E-state index in [-0.39, 0.29) is 12.6 Å². The zero-order valence-electron chi connectivity index (χ0n) is 9.01. The van der Waals surface area contributed by atoms with E-state index in [1.54, 1.807) is 12.4 Å². The number of nitrogens with zero attached hydrogens (tertiary/aromatic N) is 2. The minimum atomic E-state index is -0.732. The van der Waals surface area contributed by atoms with Crippen LogP contribution in [-0.2, 0) is 0 Å². The van der Waals surface area contributed by atoms with Crippen molar-refractivity contribution in [2.45, 2.75) is 26.0 Å². The van der Waals surface area contributed by atoms with Gasteiger partial charge in [-0.1, -0.05) is 0 Å². The average Bonchev–Trinajstić information content (AvgIpc) is 2.26. The molecule has 0 aromatic carbocycles. The van der Waals surface area contributed by atoms with E-state index < -0.39 is 6.10 Å². The summed E-state index contributed by atoms with van der Waals surface area (Å²) in [6, 6.07) is 0.0138. The fourth-order valence-corrected chi connectivity index (χ4v) is 1.32. The summed E-state index contributed by atoms with van der Waals surface area (Å²) in [5.74, 6) is 0. The van der Waals surface area contributed by atoms with Gasteiger partial charge in [0.25, 0.3) is 0 Å². The van der Waals surface area contributed by atoms with Gasteiger partial charge >= 0.3 is 0 Å². The molecule has 84 valence electrons. The van der Waals surface area contributed by atoms with Gasteiger partial charge in [-0.15, -0.1) is 0 Å². The predicted octanol–water partition coefficient (Wildman–Crippen LogP) is -0.211. The minimum absolute atomic E-state index is 0.0138. The topological polar surface area (TPSA) is 78.3 Å². The summed E-state index contributed by atoms with van der Waals surface area (Å²) in [7, 11) is 0. The second-order valence-corrected chi connectivity index (χ2v) is 3.49. The number of aryl methyl sites for hydroxylation is 1. The Balaban J connectivity index is 2.54. The van der Waals surface area contributed by atoms with Crippen LogP contribution in [0.3, 0.4) is 0 Å². The van der Waals surface area contributed by atoms with Gasteiger partial charge in [0.05, 0.1) is 24.1 Å². The highest BCUT2D eigenvalue weighted by molar-refractivity contribution is 5.12. The van der Waals surface area contributed by atoms with Crippen LogP contribution in [0.4, 0.5) is 0 Å². The molecule has 0 aliphatic carbocycles. The van der Waals surface area contributed by atoms with E-state index in [0.29, 0.717) is 6.54 Å². The molecule has 0 aliphatic heterocycles. The number of hydrogen-bond acceptors (Lipinski definition) is 5. The van der Waals surface area contributed by atoms with Crippen molar-refractivity contribution in [3.8, 4) is 0 Å². The van der Waals surface area contributed by atoms with E-state index in [1.165, 1.54) is 0 Å². The van der Waals surface area contributed by atoms with Crippen molar-refractivity contribution in [2.75, 3.05) is 13.2 Å². The maximum absolute atomic E-state index is 9.17. The Morgan fingerprint density at radius 2 is 2.07 bits per heavy atom. The molecule has 0 saturated carbocycles. The van der Waals surface area contributed by atoms with Crippen molar-refractivity contribution < 1.29 is 10.2 Å². The molecule has 3 N–H and O–H groups in total. The molecule has 0 aliphatic rings. The van der Waals surface area contributed by atoms with E-state index in [9.17, 15) is 5.11 Å². The largest absolute Gasteiger partial charge is 0.394 e. The number of rotatable bonds is 5. The third-order valence-electron chi connectivity index (χ3n) is 2.20. The molecular formula is C10H17N3O2. The molecule has 1 aromatic rings. The Kier molecular flexibility index (Phi) is 4.61. The first kappa shape index (κ1) is 12.0. The van der Waals surface area contributed by atoms with Crippen LogP contribution < -0.4 is 5.32 Å². The van der Waals surface area contributed by atoms with Gasteiger partial charge in [-0.2, -0.15) is 0 Å². The van der Waals surface area contributed by atoms with Crippen LogP contribution >= 0.6 is 0 Å². The average molecular weight is 211 g/mol. The van der Waals surface area contributed by atoms with Crippen molar-refractivity contribution in [2.24, 2.45) is 0 Å². The number of hydrogen-bond donors (Lipinski definition) is 3. The van der Waals surface area contributed by atoms with E-state index in [2.05, 4.69) is 15.3 Å². The van der Waals surface area contributed by atoms with Gasteiger partial charge in [-0.25, -0.2) is 0 Å². The van der Waals surface area contributed by atoms with Gasteiger partial charge in [-0.3, -0.25) is 9.97 Å². The molecule has 0 radical (unpaired) electrons. The highest BCUT2D eigenvalue weighted by atomic mass is 16.3. The first-order chi connectivity index (χ1) is 7.15. The van der Waals surface area contributed by atoms with Gasteiger partial charge < -0.3 is 15.5 Å². The number of nitrogens with one attached hydrogen (secondary N) is 1. The summed E-state index contributed by atoms with van der Waals surface area (Å²) in [5.41, 5.74) is 1.73. The lowest BCUT2D eigenvalue weighted by Gasteiger charge is -2.16. The molecule has 15 heavy (non-hydrogen) atoms. The highest BCUT2D eigenvalue weighted by Gasteiger charge is 2.11. The number of aliphatic hydroxyl groups excluding tert-OH is 2. The van der Waals surface area contributed by atoms with Crippen LogP contribution in [0, 0.1) is 6.92 Å². The molecule has 1 heterocycles. The lowest BCUT2D eigenvalue weighted by molar-refractivity contribution is 0.0922. The second-order valence-electron chi connectivity index (χ2n) is 3.49. The van der Waals surface area contributed by atoms with E-state index >= 15 is 0 Å². The lowest BCUT2D eigenvalue weighted by Crippen LogP contribution is -2.31.